The van der Waals surface area contributed by atoms with Crippen molar-refractivity contribution in [2.45, 2.75) is 0 Å². The smallest absolute Gasteiger partial charge is 0.270 e. The molecule has 24 heavy (non-hydrogen) atoms. The Balaban J connectivity index is 2.42. The van der Waals surface area contributed by atoms with Crippen molar-refractivity contribution in [3.8, 4) is 17.4 Å². The maximum absolute atomic E-state index is 11.8. The van der Waals surface area contributed by atoms with E-state index in [0.717, 1.165) is 0 Å². The number of rotatable bonds is 4. The summed E-state index contributed by atoms with van der Waals surface area (Å²) in [5.74, 6) is 0.104. The van der Waals surface area contributed by atoms with Crippen LogP contribution in [0.25, 0.3) is 17.4 Å². The van der Waals surface area contributed by atoms with Gasteiger partial charge in [-0.15, -0.1) is 0 Å². The predicted molar refractivity (Wildman–Crippen MR) is 88.1 cm³/mol. The first-order chi connectivity index (χ1) is 11.3. The van der Waals surface area contributed by atoms with E-state index in [1.807, 2.05) is 6.07 Å². The molecule has 0 aliphatic rings. The monoisotopic (exact) mass is 345 g/mol. The van der Waals surface area contributed by atoms with Gasteiger partial charge in [0.05, 0.1) is 9.95 Å². The predicted octanol–water partition coefficient (Wildman–Crippen LogP) is 3.50. The molecule has 0 radical (unpaired) electrons. The van der Waals surface area contributed by atoms with Crippen molar-refractivity contribution < 1.29 is 14.1 Å². The zero-order chi connectivity index (χ0) is 17.9. The molecule has 0 N–H and O–H groups in total. The molecule has 122 valence electrons. The molecule has 0 saturated carbocycles. The standard InChI is InChI=1S/C16H12ClN3O4/c1-19(2)16(21)10(9-18)7-12-4-6-15(24-12)13-8-11(20(22)23)3-5-14(13)17/h3-8H,1-2H3/b10-7-. The summed E-state index contributed by atoms with van der Waals surface area (Å²) in [4.78, 5) is 23.4. The molecule has 0 saturated heterocycles. The fourth-order valence-corrected chi connectivity index (χ4v) is 2.13. The molecule has 1 aromatic heterocycles. The van der Waals surface area contributed by atoms with E-state index in [1.165, 1.54) is 43.3 Å². The molecule has 2 aromatic rings. The van der Waals surface area contributed by atoms with Crippen LogP contribution in [0.5, 0.6) is 0 Å². The summed E-state index contributed by atoms with van der Waals surface area (Å²) in [5, 5.41) is 20.2. The first-order valence-electron chi connectivity index (χ1n) is 6.71. The Bertz CT molecular complexity index is 878. The van der Waals surface area contributed by atoms with Gasteiger partial charge in [-0.1, -0.05) is 11.6 Å². The van der Waals surface area contributed by atoms with Crippen LogP contribution in [-0.4, -0.2) is 29.8 Å². The minimum atomic E-state index is -0.535. The molecule has 0 atom stereocenters. The number of furan rings is 1. The highest BCUT2D eigenvalue weighted by Crippen LogP contribution is 2.33. The fraction of sp³-hybridized carbons (Fsp3) is 0.125. The molecular weight excluding hydrogens is 334 g/mol. The molecule has 0 aliphatic heterocycles. The highest BCUT2D eigenvalue weighted by Gasteiger charge is 2.16. The first-order valence-corrected chi connectivity index (χ1v) is 7.09. The number of carbonyl (C=O) groups is 1. The van der Waals surface area contributed by atoms with E-state index in [2.05, 4.69) is 0 Å². The van der Waals surface area contributed by atoms with E-state index in [0.29, 0.717) is 11.3 Å². The van der Waals surface area contributed by atoms with Crippen molar-refractivity contribution in [2.75, 3.05) is 14.1 Å². The van der Waals surface area contributed by atoms with Crippen LogP contribution in [0.4, 0.5) is 5.69 Å². The van der Waals surface area contributed by atoms with Gasteiger partial charge >= 0.3 is 0 Å². The van der Waals surface area contributed by atoms with Crippen molar-refractivity contribution in [1.29, 1.82) is 5.26 Å². The van der Waals surface area contributed by atoms with Gasteiger partial charge in [-0.3, -0.25) is 14.9 Å². The van der Waals surface area contributed by atoms with Crippen molar-refractivity contribution in [1.82, 2.24) is 4.90 Å². The summed E-state index contributed by atoms with van der Waals surface area (Å²) in [6.07, 6.45) is 1.30. The highest BCUT2D eigenvalue weighted by molar-refractivity contribution is 6.33. The lowest BCUT2D eigenvalue weighted by molar-refractivity contribution is -0.384. The van der Waals surface area contributed by atoms with E-state index in [1.54, 1.807) is 12.1 Å². The molecule has 1 heterocycles. The summed E-state index contributed by atoms with van der Waals surface area (Å²) in [6.45, 7) is 0. The van der Waals surface area contributed by atoms with Crippen molar-refractivity contribution in [3.05, 3.63) is 56.8 Å². The van der Waals surface area contributed by atoms with Crippen LogP contribution in [0.1, 0.15) is 5.76 Å². The Kier molecular flexibility index (Phi) is 5.02. The van der Waals surface area contributed by atoms with Crippen LogP contribution in [-0.2, 0) is 4.79 Å². The number of nitrogens with zero attached hydrogens (tertiary/aromatic N) is 3. The van der Waals surface area contributed by atoms with Gasteiger partial charge in [0, 0.05) is 37.9 Å². The summed E-state index contributed by atoms with van der Waals surface area (Å²) in [7, 11) is 3.06. The van der Waals surface area contributed by atoms with Crippen LogP contribution in [0.3, 0.4) is 0 Å². The third-order valence-electron chi connectivity index (χ3n) is 3.10. The molecule has 0 fully saturated rings. The Morgan fingerprint density at radius 2 is 2.08 bits per heavy atom. The highest BCUT2D eigenvalue weighted by atomic mass is 35.5. The number of hydrogen-bond donors (Lipinski definition) is 0. The number of non-ortho nitro benzene ring substituents is 1. The lowest BCUT2D eigenvalue weighted by Crippen LogP contribution is -2.22. The van der Waals surface area contributed by atoms with E-state index >= 15 is 0 Å². The Morgan fingerprint density at radius 3 is 2.67 bits per heavy atom. The van der Waals surface area contributed by atoms with E-state index in [9.17, 15) is 14.9 Å². The number of halogens is 1. The van der Waals surface area contributed by atoms with Gasteiger partial charge < -0.3 is 9.32 Å². The van der Waals surface area contributed by atoms with Gasteiger partial charge in [-0.2, -0.15) is 5.26 Å². The van der Waals surface area contributed by atoms with Crippen LogP contribution >= 0.6 is 11.6 Å². The number of amides is 1. The van der Waals surface area contributed by atoms with Gasteiger partial charge in [0.15, 0.2) is 0 Å². The Hall–Kier alpha value is -3.11. The molecule has 2 rings (SSSR count). The number of carbonyl (C=O) groups excluding carboxylic acids is 1. The van der Waals surface area contributed by atoms with Gasteiger partial charge in [0.1, 0.15) is 23.2 Å². The molecule has 8 heteroatoms. The lowest BCUT2D eigenvalue weighted by Gasteiger charge is -2.07. The lowest BCUT2D eigenvalue weighted by atomic mass is 10.1. The quantitative estimate of drug-likeness (QED) is 0.365. The van der Waals surface area contributed by atoms with Crippen LogP contribution in [0.15, 0.2) is 40.3 Å². The van der Waals surface area contributed by atoms with E-state index in [-0.39, 0.29) is 22.0 Å². The van der Waals surface area contributed by atoms with Gasteiger partial charge in [0.25, 0.3) is 11.6 Å². The van der Waals surface area contributed by atoms with E-state index < -0.39 is 10.8 Å². The Labute approximate surface area is 142 Å². The molecule has 7 nitrogen and oxygen atoms in total. The third-order valence-corrected chi connectivity index (χ3v) is 3.43. The van der Waals surface area contributed by atoms with Crippen LogP contribution in [0, 0.1) is 21.4 Å². The number of nitriles is 1. The van der Waals surface area contributed by atoms with Crippen molar-refractivity contribution in [3.63, 3.8) is 0 Å². The van der Waals surface area contributed by atoms with Gasteiger partial charge in [-0.05, 0) is 18.2 Å². The average Bonchev–Trinajstić information content (AvgIpc) is 3.00. The minimum absolute atomic E-state index is 0.0916. The summed E-state index contributed by atoms with van der Waals surface area (Å²) < 4.78 is 5.54. The number of likely N-dealkylation sites (N-methyl/N-ethyl adjacent to an activating group) is 1. The SMILES string of the molecule is CN(C)C(=O)/C(C#N)=C\c1ccc(-c2cc([N+](=O)[O-])ccc2Cl)o1. The molecule has 1 amide bonds. The molecule has 0 bridgehead atoms. The average molecular weight is 346 g/mol. The number of nitro benzene ring substituents is 1. The second-order valence-electron chi connectivity index (χ2n) is 4.99. The zero-order valence-electron chi connectivity index (χ0n) is 12.8. The largest absolute Gasteiger partial charge is 0.457 e. The fourth-order valence-electron chi connectivity index (χ4n) is 1.92. The topological polar surface area (TPSA) is 100 Å². The number of hydrogen-bond acceptors (Lipinski definition) is 5. The van der Waals surface area contributed by atoms with Crippen LogP contribution in [0.2, 0.25) is 5.02 Å². The van der Waals surface area contributed by atoms with Gasteiger partial charge in [0.2, 0.25) is 0 Å². The maximum atomic E-state index is 11.8. The van der Waals surface area contributed by atoms with Crippen molar-refractivity contribution >= 4 is 29.3 Å². The zero-order valence-corrected chi connectivity index (χ0v) is 13.6. The van der Waals surface area contributed by atoms with E-state index in [4.69, 9.17) is 21.3 Å². The van der Waals surface area contributed by atoms with Gasteiger partial charge in [-0.25, -0.2) is 0 Å². The molecule has 0 aliphatic carbocycles. The molecular formula is C16H12ClN3O4. The normalized spacial score (nSPS) is 11.0. The summed E-state index contributed by atoms with van der Waals surface area (Å²) in [6, 6.07) is 8.91. The number of nitro groups is 1. The second kappa shape index (κ2) is 6.98. The molecule has 0 spiro atoms. The Morgan fingerprint density at radius 1 is 1.38 bits per heavy atom. The summed E-state index contributed by atoms with van der Waals surface area (Å²) >= 11 is 6.06. The van der Waals surface area contributed by atoms with Crippen LogP contribution < -0.4 is 0 Å². The minimum Gasteiger partial charge on any atom is -0.457 e. The summed E-state index contributed by atoms with van der Waals surface area (Å²) in [5.41, 5.74) is 0.136. The van der Waals surface area contributed by atoms with Crippen molar-refractivity contribution in [2.24, 2.45) is 0 Å². The maximum Gasteiger partial charge on any atom is 0.270 e. The molecule has 0 unspecified atom stereocenters. The third kappa shape index (κ3) is 3.62. The number of benzene rings is 1. The second-order valence-corrected chi connectivity index (χ2v) is 5.40. The molecule has 1 aromatic carbocycles. The first kappa shape index (κ1) is 17.2.